The van der Waals surface area contributed by atoms with Crippen molar-refractivity contribution in [2.45, 2.75) is 19.9 Å². The number of amides is 1. The van der Waals surface area contributed by atoms with Crippen LogP contribution in [0.5, 0.6) is 0 Å². The number of nitrogens with zero attached hydrogens (tertiary/aromatic N) is 3. The van der Waals surface area contributed by atoms with Crippen LogP contribution in [0.3, 0.4) is 0 Å². The van der Waals surface area contributed by atoms with E-state index in [0.717, 1.165) is 24.6 Å². The van der Waals surface area contributed by atoms with Gasteiger partial charge in [-0.1, -0.05) is 6.92 Å². The molecule has 134 valence electrons. The van der Waals surface area contributed by atoms with Crippen molar-refractivity contribution in [1.29, 1.82) is 0 Å². The molecule has 0 saturated carbocycles. The van der Waals surface area contributed by atoms with Crippen molar-refractivity contribution in [3.05, 3.63) is 34.7 Å². The highest BCUT2D eigenvalue weighted by atomic mass is 35.5. The summed E-state index contributed by atoms with van der Waals surface area (Å²) < 4.78 is 5.24. The van der Waals surface area contributed by atoms with Gasteiger partial charge in [0.25, 0.3) is 5.91 Å². The van der Waals surface area contributed by atoms with Gasteiger partial charge in [-0.25, -0.2) is 4.98 Å². The number of hydrogen-bond acceptors (Lipinski definition) is 6. The topological polar surface area (TPSA) is 75.6 Å². The predicted molar refractivity (Wildman–Crippen MR) is 101 cm³/mol. The smallest absolute Gasteiger partial charge is 0.257 e. The number of hydrogen-bond donors (Lipinski definition) is 1. The standard InChI is InChI=1S/C15H20N4O2S.2ClH/c1-2-13-9-17-15(22-13)19-5-3-18(4-6-19)14(20)11-7-12(8-16)21-10-11;;/h7,9-10H,2-6,8,16H2,1H3;2*1H. The molecule has 1 fully saturated rings. The van der Waals surface area contributed by atoms with Crippen LogP contribution in [0.4, 0.5) is 5.13 Å². The molecule has 0 aliphatic carbocycles. The van der Waals surface area contributed by atoms with Gasteiger partial charge < -0.3 is 20.0 Å². The lowest BCUT2D eigenvalue weighted by atomic mass is 10.2. The number of aryl methyl sites for hydroxylation is 1. The summed E-state index contributed by atoms with van der Waals surface area (Å²) in [5.41, 5.74) is 6.09. The first-order valence-corrected chi connectivity index (χ1v) is 8.29. The Morgan fingerprint density at radius 2 is 2.04 bits per heavy atom. The summed E-state index contributed by atoms with van der Waals surface area (Å²) in [6, 6.07) is 1.73. The summed E-state index contributed by atoms with van der Waals surface area (Å²) in [4.78, 5) is 22.3. The van der Waals surface area contributed by atoms with Crippen LogP contribution in [0.25, 0.3) is 0 Å². The van der Waals surface area contributed by atoms with Crippen molar-refractivity contribution < 1.29 is 9.21 Å². The Balaban J connectivity index is 0.00000144. The van der Waals surface area contributed by atoms with Crippen LogP contribution < -0.4 is 10.6 Å². The maximum absolute atomic E-state index is 12.4. The van der Waals surface area contributed by atoms with Crippen molar-refractivity contribution in [2.24, 2.45) is 5.73 Å². The maximum Gasteiger partial charge on any atom is 0.257 e. The monoisotopic (exact) mass is 392 g/mol. The fourth-order valence-corrected chi connectivity index (χ4v) is 3.39. The number of aromatic nitrogens is 1. The van der Waals surface area contributed by atoms with Gasteiger partial charge in [0, 0.05) is 37.3 Å². The van der Waals surface area contributed by atoms with Gasteiger partial charge >= 0.3 is 0 Å². The number of thiazole rings is 1. The van der Waals surface area contributed by atoms with E-state index in [1.807, 2.05) is 11.1 Å². The number of piperazine rings is 1. The van der Waals surface area contributed by atoms with Gasteiger partial charge in [-0.3, -0.25) is 4.79 Å². The Bertz CT molecular complexity index is 653. The van der Waals surface area contributed by atoms with Crippen molar-refractivity contribution in [3.63, 3.8) is 0 Å². The molecule has 0 bridgehead atoms. The molecule has 2 N–H and O–H groups in total. The molecule has 1 saturated heterocycles. The van der Waals surface area contributed by atoms with Gasteiger partial charge in [-0.2, -0.15) is 0 Å². The molecule has 2 aromatic heterocycles. The molecular formula is C15H22Cl2N4O2S. The minimum absolute atomic E-state index is 0. The van der Waals surface area contributed by atoms with Crippen molar-refractivity contribution in [1.82, 2.24) is 9.88 Å². The molecule has 24 heavy (non-hydrogen) atoms. The molecule has 0 unspecified atom stereocenters. The van der Waals surface area contributed by atoms with Crippen molar-refractivity contribution >= 4 is 47.2 Å². The second-order valence-corrected chi connectivity index (χ2v) is 6.34. The second-order valence-electron chi connectivity index (χ2n) is 5.25. The van der Waals surface area contributed by atoms with E-state index in [2.05, 4.69) is 16.8 Å². The van der Waals surface area contributed by atoms with E-state index in [0.29, 0.717) is 31.0 Å². The third-order valence-corrected chi connectivity index (χ3v) is 5.03. The van der Waals surface area contributed by atoms with E-state index in [1.165, 1.54) is 11.1 Å². The van der Waals surface area contributed by atoms with Crippen LogP contribution in [-0.2, 0) is 13.0 Å². The molecule has 1 amide bonds. The molecule has 1 aliphatic rings. The van der Waals surface area contributed by atoms with Gasteiger partial charge in [-0.15, -0.1) is 36.2 Å². The molecule has 9 heteroatoms. The van der Waals surface area contributed by atoms with Crippen LogP contribution in [0.2, 0.25) is 0 Å². The molecule has 6 nitrogen and oxygen atoms in total. The fraction of sp³-hybridized carbons (Fsp3) is 0.467. The Morgan fingerprint density at radius 1 is 1.33 bits per heavy atom. The zero-order valence-electron chi connectivity index (χ0n) is 13.4. The zero-order valence-corrected chi connectivity index (χ0v) is 15.9. The van der Waals surface area contributed by atoms with E-state index in [-0.39, 0.29) is 30.7 Å². The summed E-state index contributed by atoms with van der Waals surface area (Å²) in [6.45, 7) is 5.46. The number of halogens is 2. The average molecular weight is 393 g/mol. The molecule has 3 rings (SSSR count). The van der Waals surface area contributed by atoms with E-state index in [9.17, 15) is 4.79 Å². The van der Waals surface area contributed by atoms with Gasteiger partial charge in [-0.05, 0) is 12.5 Å². The SMILES string of the molecule is CCc1cnc(N2CCN(C(=O)c3coc(CN)c3)CC2)s1.Cl.Cl. The molecular weight excluding hydrogens is 371 g/mol. The summed E-state index contributed by atoms with van der Waals surface area (Å²) in [5, 5.41) is 1.05. The molecule has 1 aliphatic heterocycles. The molecule has 0 atom stereocenters. The lowest BCUT2D eigenvalue weighted by molar-refractivity contribution is 0.0746. The zero-order chi connectivity index (χ0) is 15.5. The lowest BCUT2D eigenvalue weighted by Gasteiger charge is -2.34. The van der Waals surface area contributed by atoms with Gasteiger partial charge in [0.2, 0.25) is 0 Å². The van der Waals surface area contributed by atoms with Gasteiger partial charge in [0.15, 0.2) is 5.13 Å². The van der Waals surface area contributed by atoms with Crippen LogP contribution in [0, 0.1) is 0 Å². The summed E-state index contributed by atoms with van der Waals surface area (Å²) >= 11 is 1.73. The Kier molecular flexibility index (Phi) is 8.02. The Labute approximate surface area is 157 Å². The molecule has 0 radical (unpaired) electrons. The lowest BCUT2D eigenvalue weighted by Crippen LogP contribution is -2.48. The largest absolute Gasteiger partial charge is 0.467 e. The first-order chi connectivity index (χ1) is 10.7. The third kappa shape index (κ3) is 4.42. The summed E-state index contributed by atoms with van der Waals surface area (Å²) in [6.07, 6.45) is 4.45. The minimum Gasteiger partial charge on any atom is -0.467 e. The number of furan rings is 1. The highest BCUT2D eigenvalue weighted by Crippen LogP contribution is 2.24. The maximum atomic E-state index is 12.4. The first-order valence-electron chi connectivity index (χ1n) is 7.47. The molecule has 0 spiro atoms. The Hall–Kier alpha value is -1.28. The third-order valence-electron chi connectivity index (χ3n) is 3.83. The van der Waals surface area contributed by atoms with Crippen LogP contribution in [0.1, 0.15) is 27.9 Å². The number of anilines is 1. The van der Waals surface area contributed by atoms with E-state index in [1.54, 1.807) is 17.4 Å². The van der Waals surface area contributed by atoms with Crippen molar-refractivity contribution in [3.8, 4) is 0 Å². The number of rotatable bonds is 4. The van der Waals surface area contributed by atoms with Crippen LogP contribution in [-0.4, -0.2) is 42.0 Å². The molecule has 3 heterocycles. The number of nitrogens with two attached hydrogens (primary N) is 1. The van der Waals surface area contributed by atoms with Gasteiger partial charge in [0.05, 0.1) is 12.1 Å². The highest BCUT2D eigenvalue weighted by Gasteiger charge is 2.24. The van der Waals surface area contributed by atoms with Crippen LogP contribution in [0.15, 0.2) is 22.9 Å². The van der Waals surface area contributed by atoms with E-state index < -0.39 is 0 Å². The average Bonchev–Trinajstić information content (AvgIpc) is 3.23. The number of carbonyl (C=O) groups is 1. The molecule has 0 aromatic carbocycles. The van der Waals surface area contributed by atoms with E-state index >= 15 is 0 Å². The summed E-state index contributed by atoms with van der Waals surface area (Å²) in [7, 11) is 0. The normalized spacial score (nSPS) is 14.1. The fourth-order valence-electron chi connectivity index (χ4n) is 2.49. The Morgan fingerprint density at radius 3 is 2.58 bits per heavy atom. The highest BCUT2D eigenvalue weighted by molar-refractivity contribution is 7.15. The van der Waals surface area contributed by atoms with Gasteiger partial charge in [0.1, 0.15) is 12.0 Å². The second kappa shape index (κ2) is 9.27. The quantitative estimate of drug-likeness (QED) is 0.864. The van der Waals surface area contributed by atoms with Crippen molar-refractivity contribution in [2.75, 3.05) is 31.1 Å². The van der Waals surface area contributed by atoms with E-state index in [4.69, 9.17) is 10.2 Å². The number of carbonyl (C=O) groups excluding carboxylic acids is 1. The minimum atomic E-state index is 0. The molecule has 2 aromatic rings. The first kappa shape index (κ1) is 20.8. The van der Waals surface area contributed by atoms with Crippen LogP contribution >= 0.6 is 36.2 Å². The summed E-state index contributed by atoms with van der Waals surface area (Å²) in [5.74, 6) is 0.647. The predicted octanol–water partition coefficient (Wildman–Crippen LogP) is 2.56.